The molecule has 0 bridgehead atoms. The second-order valence-corrected chi connectivity index (χ2v) is 10.4. The maximum atomic E-state index is 12.0. The molecule has 1 atom stereocenters. The predicted molar refractivity (Wildman–Crippen MR) is 146 cm³/mol. The minimum absolute atomic E-state index is 0.111. The summed E-state index contributed by atoms with van der Waals surface area (Å²) >= 11 is 0. The molecular formula is C30H61NO2. The van der Waals surface area contributed by atoms with Crippen LogP contribution in [0.2, 0.25) is 0 Å². The fraction of sp³-hybridized carbons (Fsp3) is 0.967. The van der Waals surface area contributed by atoms with Crippen LogP contribution in [0.15, 0.2) is 0 Å². The molecule has 3 heteroatoms. The molecule has 0 aromatic heterocycles. The van der Waals surface area contributed by atoms with E-state index in [4.69, 9.17) is 0 Å². The van der Waals surface area contributed by atoms with Crippen molar-refractivity contribution in [2.24, 2.45) is 0 Å². The van der Waals surface area contributed by atoms with E-state index in [-0.39, 0.29) is 12.0 Å². The van der Waals surface area contributed by atoms with Crippen LogP contribution in [0, 0.1) is 0 Å². The zero-order chi connectivity index (χ0) is 24.2. The molecule has 3 nitrogen and oxygen atoms in total. The molecule has 0 aliphatic heterocycles. The number of hydrogen-bond donors (Lipinski definition) is 2. The van der Waals surface area contributed by atoms with Crippen molar-refractivity contribution in [3.05, 3.63) is 0 Å². The highest BCUT2D eigenvalue weighted by atomic mass is 16.3. The van der Waals surface area contributed by atoms with Gasteiger partial charge < -0.3 is 10.4 Å². The monoisotopic (exact) mass is 467 g/mol. The topological polar surface area (TPSA) is 49.3 Å². The molecule has 0 radical (unpaired) electrons. The van der Waals surface area contributed by atoms with Crippen LogP contribution in [0.4, 0.5) is 0 Å². The molecule has 0 rings (SSSR count). The Balaban J connectivity index is 3.26. The van der Waals surface area contributed by atoms with Crippen molar-refractivity contribution < 1.29 is 9.90 Å². The van der Waals surface area contributed by atoms with Gasteiger partial charge in [0, 0.05) is 13.0 Å². The van der Waals surface area contributed by atoms with E-state index < -0.39 is 0 Å². The van der Waals surface area contributed by atoms with Gasteiger partial charge in [-0.25, -0.2) is 0 Å². The fourth-order valence-corrected chi connectivity index (χ4v) is 4.59. The number of aliphatic hydroxyl groups excluding tert-OH is 1. The van der Waals surface area contributed by atoms with Gasteiger partial charge in [-0.1, -0.05) is 155 Å². The van der Waals surface area contributed by atoms with Gasteiger partial charge in [0.25, 0.3) is 0 Å². The molecule has 0 fully saturated rings. The lowest BCUT2D eigenvalue weighted by atomic mass is 10.0. The summed E-state index contributed by atoms with van der Waals surface area (Å²) in [4.78, 5) is 12.0. The van der Waals surface area contributed by atoms with Crippen LogP contribution in [0.25, 0.3) is 0 Å². The summed E-state index contributed by atoms with van der Waals surface area (Å²) in [5.41, 5.74) is 0. The van der Waals surface area contributed by atoms with Crippen LogP contribution in [0.3, 0.4) is 0 Å². The lowest BCUT2D eigenvalue weighted by Gasteiger charge is -2.12. The van der Waals surface area contributed by atoms with E-state index in [9.17, 15) is 9.90 Å². The summed E-state index contributed by atoms with van der Waals surface area (Å²) in [6.45, 7) is 4.96. The van der Waals surface area contributed by atoms with E-state index in [0.29, 0.717) is 13.0 Å². The summed E-state index contributed by atoms with van der Waals surface area (Å²) in [6.07, 6.45) is 31.5. The molecule has 0 spiro atoms. The Morgan fingerprint density at radius 2 is 0.879 bits per heavy atom. The minimum atomic E-state index is -0.380. The Morgan fingerprint density at radius 3 is 1.27 bits per heavy atom. The molecule has 1 unspecified atom stereocenters. The zero-order valence-electron chi connectivity index (χ0n) is 22.8. The van der Waals surface area contributed by atoms with Gasteiger partial charge >= 0.3 is 0 Å². The highest BCUT2D eigenvalue weighted by Crippen LogP contribution is 2.14. The summed E-state index contributed by atoms with van der Waals surface area (Å²) in [6, 6.07) is 0. The third-order valence-corrected chi connectivity index (χ3v) is 6.93. The van der Waals surface area contributed by atoms with Crippen molar-refractivity contribution in [3.63, 3.8) is 0 Å². The Hall–Kier alpha value is -0.570. The minimum Gasteiger partial charge on any atom is -0.391 e. The van der Waals surface area contributed by atoms with Crippen LogP contribution in [-0.4, -0.2) is 23.7 Å². The third kappa shape index (κ3) is 27.6. The lowest BCUT2D eigenvalue weighted by molar-refractivity contribution is -0.121. The van der Waals surface area contributed by atoms with Gasteiger partial charge in [-0.05, 0) is 12.8 Å². The molecule has 0 saturated carbocycles. The van der Waals surface area contributed by atoms with Crippen molar-refractivity contribution in [2.45, 2.75) is 180 Å². The average molecular weight is 468 g/mol. The van der Waals surface area contributed by atoms with Gasteiger partial charge in [-0.2, -0.15) is 0 Å². The zero-order valence-corrected chi connectivity index (χ0v) is 22.8. The first kappa shape index (κ1) is 32.4. The van der Waals surface area contributed by atoms with E-state index in [1.54, 1.807) is 0 Å². The number of unbranched alkanes of at least 4 members (excludes halogenated alkanes) is 21. The normalized spacial score (nSPS) is 12.2. The lowest BCUT2D eigenvalue weighted by Crippen LogP contribution is -2.31. The summed E-state index contributed by atoms with van der Waals surface area (Å²) in [5.74, 6) is 0.111. The SMILES string of the molecule is CCCCCCCCCCCCCCCCCC(=O)NCC(O)CCCCCCCCCC. The standard InChI is InChI=1S/C30H61NO2/c1-3-5-7-9-11-13-14-15-16-17-18-19-21-23-25-27-30(33)31-28-29(32)26-24-22-20-12-10-8-6-4-2/h29,32H,3-28H2,1-2H3,(H,31,33). The van der Waals surface area contributed by atoms with E-state index >= 15 is 0 Å². The second-order valence-electron chi connectivity index (χ2n) is 10.4. The van der Waals surface area contributed by atoms with E-state index in [0.717, 1.165) is 25.7 Å². The molecule has 0 aromatic rings. The molecule has 33 heavy (non-hydrogen) atoms. The van der Waals surface area contributed by atoms with Crippen LogP contribution in [0.1, 0.15) is 174 Å². The van der Waals surface area contributed by atoms with Gasteiger partial charge in [0.2, 0.25) is 5.91 Å². The number of carbonyl (C=O) groups excluding carboxylic acids is 1. The molecule has 1 amide bonds. The highest BCUT2D eigenvalue weighted by molar-refractivity contribution is 5.75. The van der Waals surface area contributed by atoms with Crippen LogP contribution < -0.4 is 5.32 Å². The number of rotatable bonds is 27. The molecule has 0 aromatic carbocycles. The molecule has 0 heterocycles. The highest BCUT2D eigenvalue weighted by Gasteiger charge is 2.07. The van der Waals surface area contributed by atoms with Crippen molar-refractivity contribution >= 4 is 5.91 Å². The Morgan fingerprint density at radius 1 is 0.545 bits per heavy atom. The van der Waals surface area contributed by atoms with Crippen LogP contribution in [-0.2, 0) is 4.79 Å². The number of carbonyl (C=O) groups is 1. The quantitative estimate of drug-likeness (QED) is 0.118. The number of hydrogen-bond acceptors (Lipinski definition) is 2. The van der Waals surface area contributed by atoms with Crippen LogP contribution >= 0.6 is 0 Å². The van der Waals surface area contributed by atoms with Crippen molar-refractivity contribution in [3.8, 4) is 0 Å². The van der Waals surface area contributed by atoms with Gasteiger partial charge in [-0.3, -0.25) is 4.79 Å². The molecule has 2 N–H and O–H groups in total. The van der Waals surface area contributed by atoms with Gasteiger partial charge in [0.1, 0.15) is 0 Å². The first-order chi connectivity index (χ1) is 16.2. The Kier molecular flexibility index (Phi) is 27.2. The third-order valence-electron chi connectivity index (χ3n) is 6.93. The Bertz CT molecular complexity index is 385. The molecule has 0 aliphatic carbocycles. The van der Waals surface area contributed by atoms with Crippen molar-refractivity contribution in [1.82, 2.24) is 5.32 Å². The maximum Gasteiger partial charge on any atom is 0.220 e. The second kappa shape index (κ2) is 27.7. The summed E-state index contributed by atoms with van der Waals surface area (Å²) < 4.78 is 0. The first-order valence-corrected chi connectivity index (χ1v) is 15.2. The van der Waals surface area contributed by atoms with Gasteiger partial charge in [0.15, 0.2) is 0 Å². The number of aliphatic hydroxyl groups is 1. The predicted octanol–water partition coefficient (Wildman–Crippen LogP) is 9.26. The van der Waals surface area contributed by atoms with Crippen molar-refractivity contribution in [2.75, 3.05) is 6.54 Å². The maximum absolute atomic E-state index is 12.0. The molecule has 0 aliphatic rings. The molecule has 0 saturated heterocycles. The summed E-state index contributed by atoms with van der Waals surface area (Å²) in [7, 11) is 0. The smallest absolute Gasteiger partial charge is 0.220 e. The van der Waals surface area contributed by atoms with E-state index in [1.807, 2.05) is 0 Å². The average Bonchev–Trinajstić information content (AvgIpc) is 2.82. The van der Waals surface area contributed by atoms with Gasteiger partial charge in [0.05, 0.1) is 6.10 Å². The molecular weight excluding hydrogens is 406 g/mol. The van der Waals surface area contributed by atoms with E-state index in [1.165, 1.54) is 128 Å². The number of amides is 1. The van der Waals surface area contributed by atoms with E-state index in [2.05, 4.69) is 19.2 Å². The van der Waals surface area contributed by atoms with Crippen molar-refractivity contribution in [1.29, 1.82) is 0 Å². The van der Waals surface area contributed by atoms with Crippen LogP contribution in [0.5, 0.6) is 0 Å². The largest absolute Gasteiger partial charge is 0.391 e. The first-order valence-electron chi connectivity index (χ1n) is 15.2. The molecule has 198 valence electrons. The fourth-order valence-electron chi connectivity index (χ4n) is 4.59. The number of nitrogens with one attached hydrogen (secondary N) is 1. The van der Waals surface area contributed by atoms with Gasteiger partial charge in [-0.15, -0.1) is 0 Å². The summed E-state index contributed by atoms with van der Waals surface area (Å²) in [5, 5.41) is 13.0. The Labute approximate surface area is 208 Å².